The van der Waals surface area contributed by atoms with Crippen LogP contribution >= 0.6 is 0 Å². The minimum absolute atomic E-state index is 0.0138. The Hall–Kier alpha value is -2.90. The lowest BCUT2D eigenvalue weighted by molar-refractivity contribution is -0.143. The van der Waals surface area contributed by atoms with Crippen molar-refractivity contribution in [1.29, 1.82) is 5.41 Å². The highest BCUT2D eigenvalue weighted by Gasteiger charge is 2.37. The van der Waals surface area contributed by atoms with Crippen LogP contribution in [0.5, 0.6) is 0 Å². The fraction of sp³-hybridized carbons (Fsp3) is 0.565. The molecule has 2 fully saturated rings. The number of rotatable bonds is 7. The number of nitrogens with one attached hydrogen (secondary N) is 2. The van der Waals surface area contributed by atoms with Crippen molar-refractivity contribution in [3.8, 4) is 0 Å². The first-order valence-corrected chi connectivity index (χ1v) is 10.9. The first-order valence-electron chi connectivity index (χ1n) is 10.9. The molecule has 8 nitrogen and oxygen atoms in total. The molecule has 1 saturated carbocycles. The highest BCUT2D eigenvalue weighted by atomic mass is 16.5. The van der Waals surface area contributed by atoms with Crippen LogP contribution in [0, 0.1) is 11.3 Å². The van der Waals surface area contributed by atoms with Crippen molar-refractivity contribution in [2.45, 2.75) is 63.5 Å². The van der Waals surface area contributed by atoms with E-state index >= 15 is 0 Å². The van der Waals surface area contributed by atoms with Gasteiger partial charge in [0.25, 0.3) is 0 Å². The van der Waals surface area contributed by atoms with E-state index in [9.17, 15) is 14.4 Å². The van der Waals surface area contributed by atoms with Crippen LogP contribution in [0.1, 0.15) is 62.5 Å². The maximum atomic E-state index is 12.4. The van der Waals surface area contributed by atoms with Gasteiger partial charge in [-0.1, -0.05) is 24.3 Å². The summed E-state index contributed by atoms with van der Waals surface area (Å²) in [5, 5.41) is 10.5. The lowest BCUT2D eigenvalue weighted by atomic mass is 9.81. The van der Waals surface area contributed by atoms with E-state index < -0.39 is 0 Å². The topological polar surface area (TPSA) is 126 Å². The summed E-state index contributed by atoms with van der Waals surface area (Å²) in [6, 6.07) is 7.88. The van der Waals surface area contributed by atoms with Crippen LogP contribution in [0.3, 0.4) is 0 Å². The SMILES string of the molecule is COC(=O)C[C@@H]1C[C@@H](CN(C(C)=O)C2CCC(c3ccc(C(=N)N)cc3)CC2)NC1=O. The number of nitrogen functional groups attached to an aromatic ring is 1. The summed E-state index contributed by atoms with van der Waals surface area (Å²) in [6.07, 6.45) is 4.39. The van der Waals surface area contributed by atoms with Gasteiger partial charge in [0, 0.05) is 31.1 Å². The molecule has 0 aromatic heterocycles. The molecule has 2 aliphatic rings. The Bertz CT molecular complexity index is 830. The van der Waals surface area contributed by atoms with Gasteiger partial charge in [-0.25, -0.2) is 0 Å². The summed E-state index contributed by atoms with van der Waals surface area (Å²) in [6.45, 7) is 2.05. The average molecular weight is 429 g/mol. The van der Waals surface area contributed by atoms with E-state index in [1.54, 1.807) is 6.92 Å². The third-order valence-corrected chi connectivity index (χ3v) is 6.58. The number of nitrogens with zero attached hydrogens (tertiary/aromatic N) is 1. The molecule has 0 radical (unpaired) electrons. The second kappa shape index (κ2) is 9.94. The van der Waals surface area contributed by atoms with Crippen LogP contribution in [0.15, 0.2) is 24.3 Å². The molecule has 1 aliphatic heterocycles. The van der Waals surface area contributed by atoms with Crippen molar-refractivity contribution >= 4 is 23.6 Å². The molecule has 0 spiro atoms. The number of carbonyl (C=O) groups is 3. The van der Waals surface area contributed by atoms with Crippen molar-refractivity contribution in [3.05, 3.63) is 35.4 Å². The van der Waals surface area contributed by atoms with Crippen LogP contribution < -0.4 is 11.1 Å². The molecule has 0 unspecified atom stereocenters. The fourth-order valence-electron chi connectivity index (χ4n) is 4.84. The number of carbonyl (C=O) groups excluding carboxylic acids is 3. The minimum atomic E-state index is -0.390. The van der Waals surface area contributed by atoms with Gasteiger partial charge in [-0.15, -0.1) is 0 Å². The maximum absolute atomic E-state index is 12.4. The zero-order valence-corrected chi connectivity index (χ0v) is 18.2. The highest BCUT2D eigenvalue weighted by Crippen LogP contribution is 2.35. The molecular formula is C23H32N4O4. The van der Waals surface area contributed by atoms with Gasteiger partial charge in [0.15, 0.2) is 0 Å². The van der Waals surface area contributed by atoms with Gasteiger partial charge < -0.3 is 20.7 Å². The summed E-state index contributed by atoms with van der Waals surface area (Å²) < 4.78 is 4.67. The number of hydrogen-bond donors (Lipinski definition) is 3. The Morgan fingerprint density at radius 2 is 1.84 bits per heavy atom. The zero-order valence-electron chi connectivity index (χ0n) is 18.2. The largest absolute Gasteiger partial charge is 0.469 e. The smallest absolute Gasteiger partial charge is 0.306 e. The molecule has 1 saturated heterocycles. The lowest BCUT2D eigenvalue weighted by Crippen LogP contribution is -2.47. The van der Waals surface area contributed by atoms with Gasteiger partial charge in [-0.3, -0.25) is 19.8 Å². The summed E-state index contributed by atoms with van der Waals surface area (Å²) in [5.74, 6) is -0.405. The molecule has 1 heterocycles. The predicted molar refractivity (Wildman–Crippen MR) is 117 cm³/mol. The second-order valence-corrected chi connectivity index (χ2v) is 8.63. The molecule has 4 N–H and O–H groups in total. The summed E-state index contributed by atoms with van der Waals surface area (Å²) in [4.78, 5) is 38.0. The Balaban J connectivity index is 1.56. The summed E-state index contributed by atoms with van der Waals surface area (Å²) >= 11 is 0. The number of amides is 2. The number of nitrogens with two attached hydrogens (primary N) is 1. The molecule has 168 valence electrons. The van der Waals surface area contributed by atoms with Gasteiger partial charge >= 0.3 is 5.97 Å². The molecule has 2 atom stereocenters. The van der Waals surface area contributed by atoms with E-state index in [0.29, 0.717) is 18.9 Å². The van der Waals surface area contributed by atoms with E-state index in [0.717, 1.165) is 31.2 Å². The van der Waals surface area contributed by atoms with Crippen LogP contribution in [0.2, 0.25) is 0 Å². The van der Waals surface area contributed by atoms with Crippen LogP contribution in [0.4, 0.5) is 0 Å². The van der Waals surface area contributed by atoms with Gasteiger partial charge in [0.05, 0.1) is 19.4 Å². The highest BCUT2D eigenvalue weighted by molar-refractivity contribution is 5.94. The molecule has 1 aromatic rings. The number of hydrogen-bond acceptors (Lipinski definition) is 5. The molecule has 1 aliphatic carbocycles. The Kier molecular flexibility index (Phi) is 7.30. The molecule has 0 bridgehead atoms. The molecule has 2 amide bonds. The first-order chi connectivity index (χ1) is 14.8. The van der Waals surface area contributed by atoms with E-state index in [4.69, 9.17) is 11.1 Å². The zero-order chi connectivity index (χ0) is 22.5. The van der Waals surface area contributed by atoms with Crippen LogP contribution in [-0.4, -0.2) is 54.3 Å². The Morgan fingerprint density at radius 3 is 2.39 bits per heavy atom. The average Bonchev–Trinajstić information content (AvgIpc) is 3.10. The second-order valence-electron chi connectivity index (χ2n) is 8.63. The Labute approximate surface area is 183 Å². The summed E-state index contributed by atoms with van der Waals surface area (Å²) in [7, 11) is 1.32. The lowest BCUT2D eigenvalue weighted by Gasteiger charge is -2.38. The normalized spacial score (nSPS) is 25.5. The quantitative estimate of drug-likeness (QED) is 0.347. The third kappa shape index (κ3) is 5.62. The van der Waals surface area contributed by atoms with Crippen molar-refractivity contribution in [3.63, 3.8) is 0 Å². The van der Waals surface area contributed by atoms with E-state index in [2.05, 4.69) is 10.1 Å². The number of benzene rings is 1. The molecule has 8 heteroatoms. The van der Waals surface area contributed by atoms with Gasteiger partial charge in [0.2, 0.25) is 11.8 Å². The summed E-state index contributed by atoms with van der Waals surface area (Å²) in [5.41, 5.74) is 7.50. The Morgan fingerprint density at radius 1 is 1.19 bits per heavy atom. The first kappa shape index (κ1) is 22.8. The number of methoxy groups -OCH3 is 1. The van der Waals surface area contributed by atoms with Gasteiger partial charge in [0.1, 0.15) is 5.84 Å². The van der Waals surface area contributed by atoms with Crippen molar-refractivity contribution in [2.75, 3.05) is 13.7 Å². The monoisotopic (exact) mass is 428 g/mol. The van der Waals surface area contributed by atoms with Gasteiger partial charge in [-0.2, -0.15) is 0 Å². The molecule has 1 aromatic carbocycles. The van der Waals surface area contributed by atoms with Crippen LogP contribution in [-0.2, 0) is 19.1 Å². The number of amidine groups is 1. The van der Waals surface area contributed by atoms with Crippen molar-refractivity contribution in [2.24, 2.45) is 11.7 Å². The van der Waals surface area contributed by atoms with Gasteiger partial charge in [-0.05, 0) is 43.6 Å². The van der Waals surface area contributed by atoms with E-state index in [1.807, 2.05) is 29.2 Å². The molecule has 3 rings (SSSR count). The van der Waals surface area contributed by atoms with Crippen LogP contribution in [0.25, 0.3) is 0 Å². The molecule has 31 heavy (non-hydrogen) atoms. The molecular weight excluding hydrogens is 396 g/mol. The predicted octanol–water partition coefficient (Wildman–Crippen LogP) is 1.91. The number of ether oxygens (including phenoxy) is 1. The maximum Gasteiger partial charge on any atom is 0.306 e. The van der Waals surface area contributed by atoms with E-state index in [-0.39, 0.29) is 48.0 Å². The van der Waals surface area contributed by atoms with Crippen molar-refractivity contribution in [1.82, 2.24) is 10.2 Å². The van der Waals surface area contributed by atoms with E-state index in [1.165, 1.54) is 12.7 Å². The fourth-order valence-corrected chi connectivity index (χ4v) is 4.84. The standard InChI is InChI=1S/C23H32N4O4/c1-14(28)27(13-19-11-18(23(30)26-19)12-21(29)31-2)20-9-7-16(8-10-20)15-3-5-17(6-4-15)22(24)25/h3-6,16,18-20H,7-13H2,1-2H3,(H3,24,25)(H,26,30)/t16?,18-,19-,20?/m0/s1. The number of esters is 1. The third-order valence-electron chi connectivity index (χ3n) is 6.58. The minimum Gasteiger partial charge on any atom is -0.469 e. The van der Waals surface area contributed by atoms with Crippen molar-refractivity contribution < 1.29 is 19.1 Å².